The molecule has 0 heterocycles. The number of carboxylic acid groups (broad SMARTS) is 1. The number of carbonyl (C=O) groups excluding carboxylic acids is 1. The second-order valence-electron chi connectivity index (χ2n) is 4.21. The molecule has 1 atom stereocenters. The molecule has 3 N–H and O–H groups in total. The molecule has 0 saturated carbocycles. The molecular weight excluding hydrogens is 266 g/mol. The number of amides is 2. The van der Waals surface area contributed by atoms with Gasteiger partial charge in [0, 0.05) is 18.2 Å². The summed E-state index contributed by atoms with van der Waals surface area (Å²) in [6.45, 7) is 3.00. The van der Waals surface area contributed by atoms with Crippen molar-refractivity contribution >= 4 is 17.7 Å². The van der Waals surface area contributed by atoms with Crippen LogP contribution in [0.5, 0.6) is 0 Å². The van der Waals surface area contributed by atoms with Crippen molar-refractivity contribution in [3.8, 4) is 0 Å². The standard InChI is InChI=1S/C12H15N3O5/c1-7-9(4-3-5-10(7)15(19)20)6-13-12(18)14-8(2)11(16)17/h3-5,8H,6H2,1-2H3,(H,16,17)(H2,13,14,18)/t8-/m1/s1. The Bertz CT molecular complexity index is 544. The Morgan fingerprint density at radius 1 is 1.45 bits per heavy atom. The predicted molar refractivity (Wildman–Crippen MR) is 70.3 cm³/mol. The van der Waals surface area contributed by atoms with Crippen LogP contribution in [0.1, 0.15) is 18.1 Å². The number of nitro groups is 1. The summed E-state index contributed by atoms with van der Waals surface area (Å²) >= 11 is 0. The van der Waals surface area contributed by atoms with Crippen LogP contribution in [0.2, 0.25) is 0 Å². The lowest BCUT2D eigenvalue weighted by atomic mass is 10.1. The van der Waals surface area contributed by atoms with Gasteiger partial charge in [-0.1, -0.05) is 12.1 Å². The van der Waals surface area contributed by atoms with Crippen LogP contribution >= 0.6 is 0 Å². The van der Waals surface area contributed by atoms with Crippen LogP contribution in [0.15, 0.2) is 18.2 Å². The predicted octanol–water partition coefficient (Wildman–Crippen LogP) is 1.18. The molecule has 0 fully saturated rings. The van der Waals surface area contributed by atoms with Crippen molar-refractivity contribution in [3.63, 3.8) is 0 Å². The summed E-state index contributed by atoms with van der Waals surface area (Å²) in [5.74, 6) is -1.15. The van der Waals surface area contributed by atoms with E-state index in [-0.39, 0.29) is 12.2 Å². The molecule has 20 heavy (non-hydrogen) atoms. The Labute approximate surface area is 114 Å². The van der Waals surface area contributed by atoms with E-state index in [9.17, 15) is 19.7 Å². The van der Waals surface area contributed by atoms with Crippen LogP contribution in [0.25, 0.3) is 0 Å². The van der Waals surface area contributed by atoms with E-state index in [2.05, 4.69) is 10.6 Å². The number of hydrogen-bond donors (Lipinski definition) is 3. The van der Waals surface area contributed by atoms with Crippen LogP contribution in [-0.4, -0.2) is 28.1 Å². The molecular formula is C12H15N3O5. The van der Waals surface area contributed by atoms with Crippen molar-refractivity contribution in [2.75, 3.05) is 0 Å². The van der Waals surface area contributed by atoms with Gasteiger partial charge in [0.25, 0.3) is 5.69 Å². The van der Waals surface area contributed by atoms with Gasteiger partial charge in [-0.3, -0.25) is 14.9 Å². The number of nitrogens with one attached hydrogen (secondary N) is 2. The average molecular weight is 281 g/mol. The zero-order chi connectivity index (χ0) is 15.3. The highest BCUT2D eigenvalue weighted by molar-refractivity contribution is 5.82. The van der Waals surface area contributed by atoms with Crippen LogP contribution in [0.3, 0.4) is 0 Å². The highest BCUT2D eigenvalue weighted by atomic mass is 16.6. The zero-order valence-corrected chi connectivity index (χ0v) is 11.0. The molecule has 0 aliphatic carbocycles. The molecule has 0 unspecified atom stereocenters. The maximum Gasteiger partial charge on any atom is 0.325 e. The Hall–Kier alpha value is -2.64. The van der Waals surface area contributed by atoms with E-state index in [1.54, 1.807) is 13.0 Å². The minimum absolute atomic E-state index is 0.0244. The monoisotopic (exact) mass is 281 g/mol. The number of aliphatic carboxylic acids is 1. The van der Waals surface area contributed by atoms with Crippen LogP contribution in [-0.2, 0) is 11.3 Å². The molecule has 8 nitrogen and oxygen atoms in total. The summed E-state index contributed by atoms with van der Waals surface area (Å²) in [4.78, 5) is 32.3. The lowest BCUT2D eigenvalue weighted by molar-refractivity contribution is -0.385. The lowest BCUT2D eigenvalue weighted by Gasteiger charge is -2.11. The fraction of sp³-hybridized carbons (Fsp3) is 0.333. The van der Waals surface area contributed by atoms with Crippen LogP contribution < -0.4 is 10.6 Å². The largest absolute Gasteiger partial charge is 0.480 e. The first kappa shape index (κ1) is 15.4. The van der Waals surface area contributed by atoms with Gasteiger partial charge in [0.15, 0.2) is 0 Å². The van der Waals surface area contributed by atoms with Gasteiger partial charge in [-0.25, -0.2) is 4.79 Å². The van der Waals surface area contributed by atoms with Crippen LogP contribution in [0, 0.1) is 17.0 Å². The van der Waals surface area contributed by atoms with E-state index >= 15 is 0 Å². The van der Waals surface area contributed by atoms with E-state index in [0.29, 0.717) is 11.1 Å². The first-order valence-electron chi connectivity index (χ1n) is 5.83. The Balaban J connectivity index is 2.67. The Kier molecular flexibility index (Phi) is 5.01. The van der Waals surface area contributed by atoms with Gasteiger partial charge in [0.05, 0.1) is 4.92 Å². The molecule has 2 amide bonds. The maximum absolute atomic E-state index is 11.4. The van der Waals surface area contributed by atoms with Gasteiger partial charge in [0.1, 0.15) is 6.04 Å². The molecule has 0 radical (unpaired) electrons. The van der Waals surface area contributed by atoms with Crippen molar-refractivity contribution in [2.24, 2.45) is 0 Å². The minimum atomic E-state index is -1.15. The third-order valence-corrected chi connectivity index (χ3v) is 2.77. The number of nitrogens with zero attached hydrogens (tertiary/aromatic N) is 1. The van der Waals surface area contributed by atoms with E-state index in [1.807, 2.05) is 0 Å². The van der Waals surface area contributed by atoms with Crippen molar-refractivity contribution in [1.29, 1.82) is 0 Å². The Morgan fingerprint density at radius 2 is 2.10 bits per heavy atom. The summed E-state index contributed by atoms with van der Waals surface area (Å²) in [6.07, 6.45) is 0. The molecule has 1 rings (SSSR count). The van der Waals surface area contributed by atoms with Crippen LogP contribution in [0.4, 0.5) is 10.5 Å². The maximum atomic E-state index is 11.4. The summed E-state index contributed by atoms with van der Waals surface area (Å²) in [5.41, 5.74) is 1.03. The van der Waals surface area contributed by atoms with E-state index in [4.69, 9.17) is 5.11 Å². The first-order valence-corrected chi connectivity index (χ1v) is 5.83. The van der Waals surface area contributed by atoms with Gasteiger partial charge >= 0.3 is 12.0 Å². The summed E-state index contributed by atoms with van der Waals surface area (Å²) in [5, 5.41) is 24.1. The summed E-state index contributed by atoms with van der Waals surface area (Å²) in [7, 11) is 0. The average Bonchev–Trinajstić information content (AvgIpc) is 2.36. The molecule has 0 aliphatic heterocycles. The number of rotatable bonds is 5. The lowest BCUT2D eigenvalue weighted by Crippen LogP contribution is -2.44. The van der Waals surface area contributed by atoms with Crippen molar-refractivity contribution in [2.45, 2.75) is 26.4 Å². The van der Waals surface area contributed by atoms with Crippen molar-refractivity contribution in [3.05, 3.63) is 39.4 Å². The molecule has 0 bridgehead atoms. The second-order valence-corrected chi connectivity index (χ2v) is 4.21. The fourth-order valence-electron chi connectivity index (χ4n) is 1.54. The van der Waals surface area contributed by atoms with Gasteiger partial charge < -0.3 is 15.7 Å². The highest BCUT2D eigenvalue weighted by Crippen LogP contribution is 2.20. The number of nitro benzene ring substituents is 1. The fourth-order valence-corrected chi connectivity index (χ4v) is 1.54. The number of urea groups is 1. The van der Waals surface area contributed by atoms with Gasteiger partial charge in [0.2, 0.25) is 0 Å². The number of carbonyl (C=O) groups is 2. The van der Waals surface area contributed by atoms with E-state index < -0.39 is 23.0 Å². The molecule has 0 aromatic heterocycles. The quantitative estimate of drug-likeness (QED) is 0.552. The molecule has 8 heteroatoms. The first-order chi connectivity index (χ1) is 9.32. The van der Waals surface area contributed by atoms with Gasteiger partial charge in [-0.05, 0) is 19.4 Å². The van der Waals surface area contributed by atoms with Crippen molar-refractivity contribution in [1.82, 2.24) is 10.6 Å². The summed E-state index contributed by atoms with van der Waals surface area (Å²) in [6, 6.07) is 2.90. The third kappa shape index (κ3) is 3.94. The molecule has 1 aromatic carbocycles. The zero-order valence-electron chi connectivity index (χ0n) is 11.0. The highest BCUT2D eigenvalue weighted by Gasteiger charge is 2.15. The molecule has 1 aromatic rings. The van der Waals surface area contributed by atoms with Gasteiger partial charge in [-0.2, -0.15) is 0 Å². The third-order valence-electron chi connectivity index (χ3n) is 2.77. The number of carboxylic acids is 1. The van der Waals surface area contributed by atoms with E-state index in [1.165, 1.54) is 19.1 Å². The minimum Gasteiger partial charge on any atom is -0.480 e. The Morgan fingerprint density at radius 3 is 2.65 bits per heavy atom. The van der Waals surface area contributed by atoms with Crippen molar-refractivity contribution < 1.29 is 19.6 Å². The smallest absolute Gasteiger partial charge is 0.325 e. The number of benzene rings is 1. The normalized spacial score (nSPS) is 11.5. The summed E-state index contributed by atoms with van der Waals surface area (Å²) < 4.78 is 0. The molecule has 0 aliphatic rings. The number of hydrogen-bond acceptors (Lipinski definition) is 4. The topological polar surface area (TPSA) is 122 Å². The SMILES string of the molecule is Cc1c(CNC(=O)N[C@H](C)C(=O)O)cccc1[N+](=O)[O-]. The van der Waals surface area contributed by atoms with E-state index in [0.717, 1.165) is 0 Å². The second kappa shape index (κ2) is 6.50. The molecule has 0 saturated heterocycles. The molecule has 0 spiro atoms. The molecule has 108 valence electrons. The van der Waals surface area contributed by atoms with Gasteiger partial charge in [-0.15, -0.1) is 0 Å².